The molecule has 0 amide bonds. The van der Waals surface area contributed by atoms with Crippen LogP contribution in [0.25, 0.3) is 0 Å². The maximum absolute atomic E-state index is 13.8. The second-order valence-corrected chi connectivity index (χ2v) is 22.9. The average molecular weight is 897 g/mol. The van der Waals surface area contributed by atoms with Gasteiger partial charge in [-0.1, -0.05) is 171 Å². The molecule has 0 N–H and O–H groups in total. The van der Waals surface area contributed by atoms with Gasteiger partial charge < -0.3 is 18.9 Å². The van der Waals surface area contributed by atoms with Crippen LogP contribution in [-0.2, 0) is 56.9 Å². The Labute approximate surface area is 398 Å². The van der Waals surface area contributed by atoms with Crippen LogP contribution in [0.2, 0.25) is 0 Å². The molecule has 5 rings (SSSR count). The van der Waals surface area contributed by atoms with Gasteiger partial charge >= 0.3 is 11.9 Å². The summed E-state index contributed by atoms with van der Waals surface area (Å²) in [6, 6.07) is 18.0. The van der Waals surface area contributed by atoms with Gasteiger partial charge in [0.1, 0.15) is 23.0 Å². The molecular formula is C60H80O6. The highest BCUT2D eigenvalue weighted by Crippen LogP contribution is 2.45. The summed E-state index contributed by atoms with van der Waals surface area (Å²) in [7, 11) is 0. The monoisotopic (exact) mass is 897 g/mol. The van der Waals surface area contributed by atoms with Gasteiger partial charge in [-0.05, 0) is 92.9 Å². The lowest BCUT2D eigenvalue weighted by atomic mass is 9.79. The lowest BCUT2D eigenvalue weighted by Crippen LogP contribution is -2.19. The van der Waals surface area contributed by atoms with Crippen molar-refractivity contribution < 1.29 is 28.5 Å². The van der Waals surface area contributed by atoms with E-state index in [2.05, 4.69) is 159 Å². The van der Waals surface area contributed by atoms with Gasteiger partial charge in [0.15, 0.2) is 0 Å². The Morgan fingerprint density at radius 3 is 0.818 bits per heavy atom. The summed E-state index contributed by atoms with van der Waals surface area (Å²) in [6.45, 7) is 43.6. The third kappa shape index (κ3) is 12.7. The van der Waals surface area contributed by atoms with Crippen LogP contribution < -0.4 is 18.9 Å². The van der Waals surface area contributed by atoms with Crippen LogP contribution in [0, 0.1) is 0 Å². The molecule has 0 saturated heterocycles. The van der Waals surface area contributed by atoms with Crippen LogP contribution in [0.1, 0.15) is 203 Å². The molecule has 8 bridgehead atoms. The van der Waals surface area contributed by atoms with Gasteiger partial charge in [0.05, 0.1) is 13.2 Å². The molecule has 66 heavy (non-hydrogen) atoms. The van der Waals surface area contributed by atoms with Crippen LogP contribution in [0.3, 0.4) is 0 Å². The van der Waals surface area contributed by atoms with Crippen molar-refractivity contribution in [3.63, 3.8) is 0 Å². The molecule has 6 heteroatoms. The number of hydrogen-bond acceptors (Lipinski definition) is 6. The first-order chi connectivity index (χ1) is 30.6. The standard InChI is InChI=1S/C60H80O6/c1-19-21-23-63-51-39-25-43-33-49(59(13,14)15)35-45(53(43)65-55(61)37(3)4)27-41-31-48(58(10,11)12)32-42(52(41)64-24-22-20-2)28-46-36-50(60(16,17)18)34-44(54(46)66-56(62)38(5)6)26-40(51)30-47(29-39)57(7,8)9/h29-36H,3,5,19-28H2,1-2,4,6-18H3. The van der Waals surface area contributed by atoms with Gasteiger partial charge in [-0.2, -0.15) is 0 Å². The van der Waals surface area contributed by atoms with Crippen molar-refractivity contribution >= 4 is 11.9 Å². The van der Waals surface area contributed by atoms with E-state index in [1.807, 2.05) is 0 Å². The fraction of sp³-hybridized carbons (Fsp3) is 0.500. The first kappa shape index (κ1) is 51.9. The van der Waals surface area contributed by atoms with E-state index in [-0.39, 0.29) is 21.7 Å². The Morgan fingerprint density at radius 2 is 0.636 bits per heavy atom. The summed E-state index contributed by atoms with van der Waals surface area (Å²) in [5.41, 5.74) is 11.9. The average Bonchev–Trinajstić information content (AvgIpc) is 3.19. The number of benzene rings is 4. The molecule has 4 aromatic rings. The number of hydrogen-bond donors (Lipinski definition) is 0. The Bertz CT molecular complexity index is 2200. The molecule has 1 aliphatic rings. The minimum atomic E-state index is -0.465. The smallest absolute Gasteiger partial charge is 0.338 e. The van der Waals surface area contributed by atoms with Gasteiger partial charge in [0.25, 0.3) is 0 Å². The van der Waals surface area contributed by atoms with E-state index in [1.54, 1.807) is 13.8 Å². The molecule has 0 fully saturated rings. The Balaban J connectivity index is 2.07. The fourth-order valence-electron chi connectivity index (χ4n) is 8.25. The van der Waals surface area contributed by atoms with E-state index in [1.165, 1.54) is 0 Å². The zero-order chi connectivity index (χ0) is 49.1. The Hall–Kier alpha value is -5.10. The molecule has 356 valence electrons. The van der Waals surface area contributed by atoms with Crippen LogP contribution in [0.5, 0.6) is 23.0 Å². The van der Waals surface area contributed by atoms with Crippen molar-refractivity contribution in [2.24, 2.45) is 0 Å². The van der Waals surface area contributed by atoms with E-state index in [4.69, 9.17) is 18.9 Å². The second kappa shape index (κ2) is 20.4. The molecule has 0 aromatic heterocycles. The molecule has 0 radical (unpaired) electrons. The summed E-state index contributed by atoms with van der Waals surface area (Å²) in [5, 5.41) is 0. The van der Waals surface area contributed by atoms with E-state index in [9.17, 15) is 9.59 Å². The topological polar surface area (TPSA) is 71.1 Å². The van der Waals surface area contributed by atoms with Crippen molar-refractivity contribution in [1.82, 2.24) is 0 Å². The van der Waals surface area contributed by atoms with Crippen LogP contribution in [0.15, 0.2) is 72.8 Å². The molecule has 1 aliphatic carbocycles. The van der Waals surface area contributed by atoms with Gasteiger partial charge in [-0.15, -0.1) is 0 Å². The highest BCUT2D eigenvalue weighted by molar-refractivity contribution is 5.90. The first-order valence-corrected chi connectivity index (χ1v) is 24.3. The molecule has 0 spiro atoms. The fourth-order valence-corrected chi connectivity index (χ4v) is 8.25. The summed E-state index contributed by atoms with van der Waals surface area (Å²) in [6.07, 6.45) is 5.46. The zero-order valence-corrected chi connectivity index (χ0v) is 43.6. The van der Waals surface area contributed by atoms with Gasteiger partial charge in [0, 0.05) is 59.1 Å². The molecule has 6 nitrogen and oxygen atoms in total. The van der Waals surface area contributed by atoms with Gasteiger partial charge in [-0.3, -0.25) is 0 Å². The first-order valence-electron chi connectivity index (χ1n) is 24.3. The number of carbonyl (C=O) groups excluding carboxylic acids is 2. The Kier molecular flexibility index (Phi) is 16.0. The minimum absolute atomic E-state index is 0.227. The molecule has 0 heterocycles. The number of carbonyl (C=O) groups is 2. The lowest BCUT2D eigenvalue weighted by molar-refractivity contribution is -0.131. The molecule has 0 atom stereocenters. The van der Waals surface area contributed by atoms with Crippen LogP contribution >= 0.6 is 0 Å². The molecular weight excluding hydrogens is 817 g/mol. The zero-order valence-electron chi connectivity index (χ0n) is 43.6. The molecule has 0 saturated carbocycles. The predicted octanol–water partition coefficient (Wildman–Crippen LogP) is 14.9. The van der Waals surface area contributed by atoms with E-state index in [0.717, 1.165) is 104 Å². The molecule has 0 aliphatic heterocycles. The van der Waals surface area contributed by atoms with Crippen molar-refractivity contribution in [3.05, 3.63) is 140 Å². The third-order valence-electron chi connectivity index (χ3n) is 12.5. The van der Waals surface area contributed by atoms with Crippen LogP contribution in [-0.4, -0.2) is 25.2 Å². The van der Waals surface area contributed by atoms with Crippen molar-refractivity contribution in [2.45, 2.75) is 184 Å². The quantitative estimate of drug-likeness (QED) is 0.0538. The predicted molar refractivity (Wildman–Crippen MR) is 273 cm³/mol. The lowest BCUT2D eigenvalue weighted by Gasteiger charge is -2.29. The Morgan fingerprint density at radius 1 is 0.424 bits per heavy atom. The largest absolute Gasteiger partial charge is 0.493 e. The van der Waals surface area contributed by atoms with Crippen LogP contribution in [0.4, 0.5) is 0 Å². The highest BCUT2D eigenvalue weighted by Gasteiger charge is 2.30. The maximum atomic E-state index is 13.8. The van der Waals surface area contributed by atoms with E-state index < -0.39 is 11.9 Å². The highest BCUT2D eigenvalue weighted by atomic mass is 16.5. The van der Waals surface area contributed by atoms with E-state index in [0.29, 0.717) is 61.5 Å². The van der Waals surface area contributed by atoms with Gasteiger partial charge in [-0.25, -0.2) is 9.59 Å². The van der Waals surface area contributed by atoms with E-state index >= 15 is 0 Å². The summed E-state index contributed by atoms with van der Waals surface area (Å²) in [5.74, 6) is 1.76. The number of esters is 2. The summed E-state index contributed by atoms with van der Waals surface area (Å²) < 4.78 is 27.0. The van der Waals surface area contributed by atoms with Crippen molar-refractivity contribution in [2.75, 3.05) is 13.2 Å². The van der Waals surface area contributed by atoms with Gasteiger partial charge in [0.2, 0.25) is 0 Å². The SMILES string of the molecule is C=C(C)C(=O)Oc1c2cc(C(C)(C)C)cc1Cc1cc(C(C)(C)C)cc(c1OCCCC)Cc1cc(C(C)(C)C)cc(c1OC(=O)C(=C)C)Cc1cc(C(C)(C)C)cc(c1OCCCC)C2. The number of ether oxygens (including phenoxy) is 4. The summed E-state index contributed by atoms with van der Waals surface area (Å²) in [4.78, 5) is 27.7. The number of fused-ring (bicyclic) bond motifs is 8. The minimum Gasteiger partial charge on any atom is -0.493 e. The van der Waals surface area contributed by atoms with Crippen molar-refractivity contribution in [1.29, 1.82) is 0 Å². The van der Waals surface area contributed by atoms with Crippen molar-refractivity contribution in [3.8, 4) is 23.0 Å². The number of unbranched alkanes of at least 4 members (excludes halogenated alkanes) is 2. The molecule has 0 unspecified atom stereocenters. The maximum Gasteiger partial charge on any atom is 0.338 e. The number of rotatable bonds is 12. The normalized spacial score (nSPS) is 13.2. The third-order valence-corrected chi connectivity index (χ3v) is 12.5. The second-order valence-electron chi connectivity index (χ2n) is 22.9. The summed E-state index contributed by atoms with van der Waals surface area (Å²) >= 11 is 0. The molecule has 4 aromatic carbocycles.